The molecule has 2 rings (SSSR count). The van der Waals surface area contributed by atoms with Crippen LogP contribution in [0.5, 0.6) is 11.5 Å². The van der Waals surface area contributed by atoms with E-state index in [0.717, 1.165) is 12.1 Å². The number of benzene rings is 2. The summed E-state index contributed by atoms with van der Waals surface area (Å²) in [6.07, 6.45) is 0.402. The average molecular weight is 418 g/mol. The molecule has 0 bridgehead atoms. The Morgan fingerprint density at radius 2 is 1.53 bits per heavy atom. The Bertz CT molecular complexity index is 944. The van der Waals surface area contributed by atoms with Gasteiger partial charge in [0.15, 0.2) is 0 Å². The lowest BCUT2D eigenvalue weighted by atomic mass is 10.1. The van der Waals surface area contributed by atoms with Gasteiger partial charge in [-0.2, -0.15) is 5.48 Å². The Morgan fingerprint density at radius 3 is 2.13 bits per heavy atom. The number of aromatic hydroxyl groups is 2. The van der Waals surface area contributed by atoms with E-state index in [9.17, 15) is 34.8 Å². The topological polar surface area (TPSA) is 165 Å². The number of carbonyl (C=O) groups is 3. The number of amides is 1. The number of hydrogen-bond acceptors (Lipinski definition) is 7. The second-order valence-electron chi connectivity index (χ2n) is 6.40. The van der Waals surface area contributed by atoms with Crippen LogP contribution in [0.1, 0.15) is 56.4 Å². The number of aromatic carboxylic acids is 2. The lowest BCUT2D eigenvalue weighted by Gasteiger charge is -2.20. The minimum absolute atomic E-state index is 0.122. The molecule has 0 spiro atoms. The molecule has 30 heavy (non-hydrogen) atoms. The Labute approximate surface area is 171 Å². The van der Waals surface area contributed by atoms with Crippen molar-refractivity contribution in [1.82, 2.24) is 10.8 Å². The van der Waals surface area contributed by atoms with Crippen LogP contribution in [0, 0.1) is 0 Å². The maximum Gasteiger partial charge on any atom is 0.336 e. The predicted molar refractivity (Wildman–Crippen MR) is 104 cm³/mol. The summed E-state index contributed by atoms with van der Waals surface area (Å²) in [6.45, 7) is 1.71. The van der Waals surface area contributed by atoms with Crippen molar-refractivity contribution in [1.29, 1.82) is 0 Å². The van der Waals surface area contributed by atoms with E-state index in [1.54, 1.807) is 0 Å². The van der Waals surface area contributed by atoms with Crippen molar-refractivity contribution in [2.45, 2.75) is 32.5 Å². The van der Waals surface area contributed by atoms with Gasteiger partial charge < -0.3 is 25.7 Å². The fourth-order valence-corrected chi connectivity index (χ4v) is 2.70. The number of nitrogens with one attached hydrogen (secondary N) is 2. The zero-order valence-corrected chi connectivity index (χ0v) is 16.1. The monoisotopic (exact) mass is 418 g/mol. The number of phenols is 2. The molecule has 0 radical (unpaired) electrons. The highest BCUT2D eigenvalue weighted by Crippen LogP contribution is 2.18. The first kappa shape index (κ1) is 22.7. The maximum atomic E-state index is 12.5. The fraction of sp³-hybridized carbons (Fsp3) is 0.250. The van der Waals surface area contributed by atoms with Gasteiger partial charge in [0.2, 0.25) is 0 Å². The van der Waals surface area contributed by atoms with Crippen LogP contribution in [0.4, 0.5) is 0 Å². The lowest BCUT2D eigenvalue weighted by Crippen LogP contribution is -2.45. The van der Waals surface area contributed by atoms with E-state index in [1.807, 2.05) is 6.92 Å². The summed E-state index contributed by atoms with van der Waals surface area (Å²) in [5, 5.41) is 39.9. The molecule has 0 aromatic heterocycles. The van der Waals surface area contributed by atoms with E-state index < -0.39 is 24.0 Å². The third-order valence-corrected chi connectivity index (χ3v) is 4.14. The van der Waals surface area contributed by atoms with E-state index >= 15 is 0 Å². The van der Waals surface area contributed by atoms with Gasteiger partial charge in [0, 0.05) is 0 Å². The van der Waals surface area contributed by atoms with Gasteiger partial charge in [0.25, 0.3) is 5.91 Å². The van der Waals surface area contributed by atoms with Gasteiger partial charge >= 0.3 is 11.9 Å². The van der Waals surface area contributed by atoms with Crippen molar-refractivity contribution >= 4 is 17.8 Å². The third kappa shape index (κ3) is 5.93. The summed E-state index contributed by atoms with van der Waals surface area (Å²) in [7, 11) is 0. The van der Waals surface area contributed by atoms with Gasteiger partial charge in [-0.25, -0.2) is 9.59 Å². The molecule has 0 saturated heterocycles. The zero-order valence-electron chi connectivity index (χ0n) is 16.1. The Balaban J connectivity index is 2.06. The number of carbonyl (C=O) groups excluding carboxylic acids is 1. The highest BCUT2D eigenvalue weighted by Gasteiger charge is 2.20. The number of rotatable bonds is 10. The fourth-order valence-electron chi connectivity index (χ4n) is 2.70. The lowest BCUT2D eigenvalue weighted by molar-refractivity contribution is -0.00614. The van der Waals surface area contributed by atoms with Crippen molar-refractivity contribution in [3.63, 3.8) is 0 Å². The molecule has 0 saturated carbocycles. The summed E-state index contributed by atoms with van der Waals surface area (Å²) in [4.78, 5) is 40.5. The van der Waals surface area contributed by atoms with Crippen molar-refractivity contribution < 1.29 is 39.6 Å². The van der Waals surface area contributed by atoms with Crippen molar-refractivity contribution in [2.24, 2.45) is 0 Å². The standard InChI is InChI=1S/C20H22N2O8/c1-2-3-17(21-18(25)14-7-6-13(24)9-16(14)20(28)29)22-30-10-11-4-5-12(23)8-15(11)19(26)27/h4-9,17,22-24H,2-3,10H2,1H3,(H,21,25)(H,26,27)(H,28,29). The summed E-state index contributed by atoms with van der Waals surface area (Å²) in [5.74, 6) is -3.74. The molecule has 10 nitrogen and oxygen atoms in total. The molecule has 2 aromatic rings. The molecular formula is C20H22N2O8. The van der Waals surface area contributed by atoms with Gasteiger partial charge in [0.1, 0.15) is 17.7 Å². The summed E-state index contributed by atoms with van der Waals surface area (Å²) in [5.41, 5.74) is 2.33. The first-order valence-corrected chi connectivity index (χ1v) is 9.02. The van der Waals surface area contributed by atoms with E-state index in [-0.39, 0.29) is 34.8 Å². The molecule has 6 N–H and O–H groups in total. The summed E-state index contributed by atoms with van der Waals surface area (Å²) < 4.78 is 0. The van der Waals surface area contributed by atoms with Gasteiger partial charge in [-0.3, -0.25) is 9.63 Å². The van der Waals surface area contributed by atoms with Crippen LogP contribution in [0.2, 0.25) is 0 Å². The molecule has 1 atom stereocenters. The summed E-state index contributed by atoms with van der Waals surface area (Å²) >= 11 is 0. The minimum Gasteiger partial charge on any atom is -0.508 e. The van der Waals surface area contributed by atoms with E-state index in [1.165, 1.54) is 24.3 Å². The molecule has 0 fully saturated rings. The van der Waals surface area contributed by atoms with Crippen molar-refractivity contribution in [3.8, 4) is 11.5 Å². The molecule has 1 amide bonds. The summed E-state index contributed by atoms with van der Waals surface area (Å²) in [6, 6.07) is 7.23. The second kappa shape index (κ2) is 10.2. The van der Waals surface area contributed by atoms with Crippen LogP contribution in [0.3, 0.4) is 0 Å². The highest BCUT2D eigenvalue weighted by atomic mass is 16.6. The highest BCUT2D eigenvalue weighted by molar-refractivity contribution is 6.05. The van der Waals surface area contributed by atoms with Crippen LogP contribution >= 0.6 is 0 Å². The Kier molecular flexibility index (Phi) is 7.73. The van der Waals surface area contributed by atoms with E-state index in [2.05, 4.69) is 10.8 Å². The normalized spacial score (nSPS) is 11.6. The minimum atomic E-state index is -1.36. The van der Waals surface area contributed by atoms with Crippen LogP contribution in [-0.4, -0.2) is 44.4 Å². The van der Waals surface area contributed by atoms with E-state index in [4.69, 9.17) is 4.84 Å². The van der Waals surface area contributed by atoms with Crippen LogP contribution in [-0.2, 0) is 11.4 Å². The van der Waals surface area contributed by atoms with E-state index in [0.29, 0.717) is 18.4 Å². The number of carboxylic acids is 2. The molecule has 0 aliphatic rings. The molecule has 160 valence electrons. The number of hydrogen-bond donors (Lipinski definition) is 6. The third-order valence-electron chi connectivity index (χ3n) is 4.14. The number of hydroxylamine groups is 1. The molecule has 0 heterocycles. The van der Waals surface area contributed by atoms with Crippen molar-refractivity contribution in [2.75, 3.05) is 0 Å². The largest absolute Gasteiger partial charge is 0.508 e. The second-order valence-corrected chi connectivity index (χ2v) is 6.40. The van der Waals surface area contributed by atoms with Gasteiger partial charge in [-0.05, 0) is 42.3 Å². The van der Waals surface area contributed by atoms with Gasteiger partial charge in [0.05, 0.1) is 23.3 Å². The first-order valence-electron chi connectivity index (χ1n) is 9.02. The SMILES string of the molecule is CCCC(NOCc1ccc(O)cc1C(=O)O)NC(=O)c1ccc(O)cc1C(=O)O. The Hall–Kier alpha value is -3.63. The average Bonchev–Trinajstić information content (AvgIpc) is 2.68. The molecule has 1 unspecified atom stereocenters. The molecule has 2 aromatic carbocycles. The van der Waals surface area contributed by atoms with Crippen LogP contribution in [0.25, 0.3) is 0 Å². The molecule has 0 aliphatic heterocycles. The quantitative estimate of drug-likeness (QED) is 0.250. The number of carboxylic acid groups (broad SMARTS) is 2. The van der Waals surface area contributed by atoms with Gasteiger partial charge in [-0.1, -0.05) is 19.4 Å². The van der Waals surface area contributed by atoms with Crippen molar-refractivity contribution in [3.05, 3.63) is 58.7 Å². The molecule has 10 heteroatoms. The van der Waals surface area contributed by atoms with Gasteiger partial charge in [-0.15, -0.1) is 0 Å². The Morgan fingerprint density at radius 1 is 0.933 bits per heavy atom. The van der Waals surface area contributed by atoms with Crippen LogP contribution in [0.15, 0.2) is 36.4 Å². The molecular weight excluding hydrogens is 396 g/mol. The smallest absolute Gasteiger partial charge is 0.336 e. The number of phenolic OH excluding ortho intramolecular Hbond substituents is 2. The predicted octanol–water partition coefficient (Wildman–Crippen LogP) is 2.07. The zero-order chi connectivity index (χ0) is 22.3. The first-order chi connectivity index (χ1) is 14.2. The maximum absolute atomic E-state index is 12.5. The molecule has 0 aliphatic carbocycles. The van der Waals surface area contributed by atoms with Crippen LogP contribution < -0.4 is 10.8 Å².